The molecule has 0 spiro atoms. The molecule has 6 heteroatoms. The van der Waals surface area contributed by atoms with Crippen molar-refractivity contribution in [2.75, 3.05) is 6.54 Å². The van der Waals surface area contributed by atoms with Crippen LogP contribution in [-0.4, -0.2) is 33.0 Å². The summed E-state index contributed by atoms with van der Waals surface area (Å²) in [6.07, 6.45) is 2.73. The van der Waals surface area contributed by atoms with Crippen LogP contribution in [0, 0.1) is 0 Å². The van der Waals surface area contributed by atoms with Crippen LogP contribution in [0.4, 0.5) is 0 Å². The summed E-state index contributed by atoms with van der Waals surface area (Å²) in [5.74, 6) is -0.0305. The maximum absolute atomic E-state index is 11.5. The van der Waals surface area contributed by atoms with Gasteiger partial charge in [0, 0.05) is 18.6 Å². The molecule has 0 radical (unpaired) electrons. The predicted molar refractivity (Wildman–Crippen MR) is 69.9 cm³/mol. The van der Waals surface area contributed by atoms with Gasteiger partial charge in [-0.1, -0.05) is 12.1 Å². The zero-order valence-corrected chi connectivity index (χ0v) is 11.7. The lowest BCUT2D eigenvalue weighted by Crippen LogP contribution is -2.35. The molecule has 1 heterocycles. The number of aromatic nitrogens is 3. The van der Waals surface area contributed by atoms with Crippen molar-refractivity contribution >= 4 is 5.91 Å². The Kier molecular flexibility index (Phi) is 5.27. The Hall–Kier alpha value is -1.43. The van der Waals surface area contributed by atoms with Crippen LogP contribution in [0.1, 0.15) is 39.8 Å². The Morgan fingerprint density at radius 3 is 2.78 bits per heavy atom. The summed E-state index contributed by atoms with van der Waals surface area (Å²) in [7, 11) is 0. The lowest BCUT2D eigenvalue weighted by atomic mass is 10.1. The van der Waals surface area contributed by atoms with Crippen molar-refractivity contribution in [3.05, 3.63) is 11.9 Å². The molecule has 2 N–H and O–H groups in total. The van der Waals surface area contributed by atoms with Gasteiger partial charge in [0.25, 0.3) is 0 Å². The SMILES string of the molecule is CCCNC(=O)Cn1cc(CNC(C)(C)C)nn1. The molecule has 1 rings (SSSR count). The molecule has 0 bridgehead atoms. The van der Waals surface area contributed by atoms with Crippen LogP contribution in [-0.2, 0) is 17.9 Å². The molecule has 0 aromatic carbocycles. The fraction of sp³-hybridized carbons (Fsp3) is 0.750. The molecule has 18 heavy (non-hydrogen) atoms. The van der Waals surface area contributed by atoms with E-state index in [4.69, 9.17) is 0 Å². The van der Waals surface area contributed by atoms with Crippen LogP contribution in [0.15, 0.2) is 6.20 Å². The highest BCUT2D eigenvalue weighted by Gasteiger charge is 2.10. The molecule has 0 aliphatic heterocycles. The van der Waals surface area contributed by atoms with Crippen molar-refractivity contribution in [3.8, 4) is 0 Å². The van der Waals surface area contributed by atoms with Gasteiger partial charge in [-0.25, -0.2) is 4.68 Å². The van der Waals surface area contributed by atoms with Crippen LogP contribution in [0.2, 0.25) is 0 Å². The zero-order chi connectivity index (χ0) is 13.6. The maximum Gasteiger partial charge on any atom is 0.241 e. The molecule has 6 nitrogen and oxygen atoms in total. The maximum atomic E-state index is 11.5. The van der Waals surface area contributed by atoms with Gasteiger partial charge < -0.3 is 10.6 Å². The number of amides is 1. The number of rotatable bonds is 6. The van der Waals surface area contributed by atoms with E-state index in [2.05, 4.69) is 41.7 Å². The Morgan fingerprint density at radius 1 is 1.44 bits per heavy atom. The first-order valence-electron chi connectivity index (χ1n) is 6.31. The standard InChI is InChI=1S/C12H23N5O/c1-5-6-13-11(18)9-17-8-10(15-16-17)7-14-12(2,3)4/h8,14H,5-7,9H2,1-4H3,(H,13,18). The minimum absolute atomic E-state index is 0.0305. The first-order valence-corrected chi connectivity index (χ1v) is 6.31. The predicted octanol–water partition coefficient (Wildman–Crippen LogP) is 0.692. The van der Waals surface area contributed by atoms with Gasteiger partial charge in [0.05, 0.1) is 11.9 Å². The molecule has 0 unspecified atom stereocenters. The van der Waals surface area contributed by atoms with Crippen LogP contribution in [0.3, 0.4) is 0 Å². The van der Waals surface area contributed by atoms with Gasteiger partial charge >= 0.3 is 0 Å². The highest BCUT2D eigenvalue weighted by molar-refractivity contribution is 5.75. The Labute approximate surface area is 108 Å². The molecule has 0 atom stereocenters. The summed E-state index contributed by atoms with van der Waals surface area (Å²) in [5.41, 5.74) is 0.885. The van der Waals surface area contributed by atoms with Crippen molar-refractivity contribution < 1.29 is 4.79 Å². The summed E-state index contributed by atoms with van der Waals surface area (Å²) in [6, 6.07) is 0. The second-order valence-corrected chi connectivity index (χ2v) is 5.36. The molecule has 0 aliphatic carbocycles. The minimum atomic E-state index is -0.0305. The summed E-state index contributed by atoms with van der Waals surface area (Å²) >= 11 is 0. The third-order valence-corrected chi connectivity index (χ3v) is 2.26. The van der Waals surface area contributed by atoms with E-state index in [9.17, 15) is 4.79 Å². The molecule has 0 fully saturated rings. The fourth-order valence-electron chi connectivity index (χ4n) is 1.32. The van der Waals surface area contributed by atoms with E-state index in [1.807, 2.05) is 6.92 Å². The highest BCUT2D eigenvalue weighted by atomic mass is 16.2. The van der Waals surface area contributed by atoms with Crippen molar-refractivity contribution in [2.24, 2.45) is 0 Å². The second kappa shape index (κ2) is 6.49. The van der Waals surface area contributed by atoms with Gasteiger partial charge in [0.2, 0.25) is 5.91 Å². The van der Waals surface area contributed by atoms with Gasteiger partial charge in [-0.2, -0.15) is 0 Å². The smallest absolute Gasteiger partial charge is 0.241 e. The topological polar surface area (TPSA) is 71.8 Å². The first kappa shape index (κ1) is 14.6. The molecule has 1 aromatic heterocycles. The zero-order valence-electron chi connectivity index (χ0n) is 11.7. The van der Waals surface area contributed by atoms with Gasteiger partial charge in [0.15, 0.2) is 0 Å². The van der Waals surface area contributed by atoms with Gasteiger partial charge in [-0.05, 0) is 27.2 Å². The van der Waals surface area contributed by atoms with E-state index in [0.29, 0.717) is 13.1 Å². The highest BCUT2D eigenvalue weighted by Crippen LogP contribution is 2.01. The summed E-state index contributed by atoms with van der Waals surface area (Å²) in [4.78, 5) is 11.5. The van der Waals surface area contributed by atoms with Crippen molar-refractivity contribution in [3.63, 3.8) is 0 Å². The van der Waals surface area contributed by atoms with E-state index in [-0.39, 0.29) is 18.0 Å². The third-order valence-electron chi connectivity index (χ3n) is 2.26. The number of hydrogen-bond donors (Lipinski definition) is 2. The number of nitrogens with one attached hydrogen (secondary N) is 2. The van der Waals surface area contributed by atoms with Crippen molar-refractivity contribution in [2.45, 2.75) is 52.7 Å². The summed E-state index contributed by atoms with van der Waals surface area (Å²) in [6.45, 7) is 9.88. The van der Waals surface area contributed by atoms with Gasteiger partial charge in [-0.3, -0.25) is 4.79 Å². The van der Waals surface area contributed by atoms with Gasteiger partial charge in [0.1, 0.15) is 6.54 Å². The molecular formula is C12H23N5O. The lowest BCUT2D eigenvalue weighted by molar-refractivity contribution is -0.121. The van der Waals surface area contributed by atoms with Crippen molar-refractivity contribution in [1.82, 2.24) is 25.6 Å². The molecule has 0 saturated carbocycles. The van der Waals surface area contributed by atoms with Crippen LogP contribution < -0.4 is 10.6 Å². The van der Waals surface area contributed by atoms with E-state index in [1.54, 1.807) is 10.9 Å². The molecule has 0 aliphatic rings. The summed E-state index contributed by atoms with van der Waals surface area (Å²) < 4.78 is 1.56. The number of nitrogens with zero attached hydrogens (tertiary/aromatic N) is 3. The Bertz CT molecular complexity index is 380. The fourth-order valence-corrected chi connectivity index (χ4v) is 1.32. The van der Waals surface area contributed by atoms with Crippen LogP contribution in [0.25, 0.3) is 0 Å². The van der Waals surface area contributed by atoms with E-state index < -0.39 is 0 Å². The number of carbonyl (C=O) groups excluding carboxylic acids is 1. The van der Waals surface area contributed by atoms with Crippen LogP contribution >= 0.6 is 0 Å². The molecule has 1 aromatic rings. The average molecular weight is 253 g/mol. The third kappa shape index (κ3) is 5.77. The Balaban J connectivity index is 2.41. The second-order valence-electron chi connectivity index (χ2n) is 5.36. The Morgan fingerprint density at radius 2 is 2.17 bits per heavy atom. The van der Waals surface area contributed by atoms with Gasteiger partial charge in [-0.15, -0.1) is 5.10 Å². The normalized spacial score (nSPS) is 11.6. The first-order chi connectivity index (χ1) is 8.40. The number of carbonyl (C=O) groups is 1. The number of hydrogen-bond acceptors (Lipinski definition) is 4. The van der Waals surface area contributed by atoms with E-state index in [0.717, 1.165) is 12.1 Å². The van der Waals surface area contributed by atoms with Crippen LogP contribution in [0.5, 0.6) is 0 Å². The minimum Gasteiger partial charge on any atom is -0.355 e. The molecule has 1 amide bonds. The largest absolute Gasteiger partial charge is 0.355 e. The molecule has 102 valence electrons. The quantitative estimate of drug-likeness (QED) is 0.782. The summed E-state index contributed by atoms with van der Waals surface area (Å²) in [5, 5.41) is 14.1. The van der Waals surface area contributed by atoms with E-state index >= 15 is 0 Å². The monoisotopic (exact) mass is 253 g/mol. The molecule has 0 saturated heterocycles. The molecular weight excluding hydrogens is 230 g/mol. The lowest BCUT2D eigenvalue weighted by Gasteiger charge is -2.19. The van der Waals surface area contributed by atoms with Crippen molar-refractivity contribution in [1.29, 1.82) is 0 Å². The average Bonchev–Trinajstić information content (AvgIpc) is 2.70. The van der Waals surface area contributed by atoms with E-state index in [1.165, 1.54) is 0 Å².